The molecule has 1 fully saturated rings. The summed E-state index contributed by atoms with van der Waals surface area (Å²) in [4.78, 5) is 18.8. The summed E-state index contributed by atoms with van der Waals surface area (Å²) in [6.45, 7) is 8.14. The average Bonchev–Trinajstić information content (AvgIpc) is 2.47. The monoisotopic (exact) mass is 277 g/mol. The molecule has 110 valence electrons. The van der Waals surface area contributed by atoms with Crippen LogP contribution in [-0.2, 0) is 4.74 Å². The molecular weight excluding hydrogens is 254 g/mol. The van der Waals surface area contributed by atoms with Crippen LogP contribution in [0.4, 0.5) is 5.82 Å². The molecule has 0 aliphatic carbocycles. The highest BCUT2D eigenvalue weighted by atomic mass is 16.5. The summed E-state index contributed by atoms with van der Waals surface area (Å²) >= 11 is 0. The predicted molar refractivity (Wildman–Crippen MR) is 78.9 cm³/mol. The molecule has 0 aromatic carbocycles. The van der Waals surface area contributed by atoms with E-state index in [-0.39, 0.29) is 18.1 Å². The summed E-state index contributed by atoms with van der Waals surface area (Å²) in [5.74, 6) is 0.736. The lowest BCUT2D eigenvalue weighted by Gasteiger charge is -2.36. The third kappa shape index (κ3) is 3.48. The topological polar surface area (TPSA) is 54.5 Å². The molecule has 1 aliphatic rings. The third-order valence-electron chi connectivity index (χ3n) is 3.39. The number of carbonyl (C=O) groups is 1. The number of nitrogens with one attached hydrogen (secondary N) is 1. The number of carbonyl (C=O) groups excluding carboxylic acids is 1. The quantitative estimate of drug-likeness (QED) is 0.916. The van der Waals surface area contributed by atoms with Crippen molar-refractivity contribution >= 4 is 11.7 Å². The Hall–Kier alpha value is -1.62. The Morgan fingerprint density at radius 2 is 2.30 bits per heavy atom. The third-order valence-corrected chi connectivity index (χ3v) is 3.39. The van der Waals surface area contributed by atoms with Crippen LogP contribution in [0.15, 0.2) is 18.2 Å². The van der Waals surface area contributed by atoms with E-state index in [1.54, 1.807) is 6.07 Å². The molecule has 2 heterocycles. The molecular formula is C15H23N3O2. The number of morpholine rings is 1. The molecule has 5 nitrogen and oxygen atoms in total. The Balaban J connectivity index is 2.11. The van der Waals surface area contributed by atoms with E-state index in [0.717, 1.165) is 18.8 Å². The molecule has 5 heteroatoms. The Morgan fingerprint density at radius 3 is 3.05 bits per heavy atom. The van der Waals surface area contributed by atoms with Gasteiger partial charge in [0.25, 0.3) is 5.91 Å². The lowest BCUT2D eigenvalue weighted by Crippen LogP contribution is -2.50. The molecule has 1 aromatic heterocycles. The van der Waals surface area contributed by atoms with E-state index in [9.17, 15) is 4.79 Å². The van der Waals surface area contributed by atoms with E-state index >= 15 is 0 Å². The number of pyridine rings is 1. The maximum absolute atomic E-state index is 12.6. The summed E-state index contributed by atoms with van der Waals surface area (Å²) in [5.41, 5.74) is 0.493. The van der Waals surface area contributed by atoms with Crippen molar-refractivity contribution in [2.75, 3.05) is 25.0 Å². The van der Waals surface area contributed by atoms with Gasteiger partial charge in [-0.15, -0.1) is 0 Å². The van der Waals surface area contributed by atoms with Crippen molar-refractivity contribution in [1.82, 2.24) is 9.88 Å². The molecule has 1 amide bonds. The van der Waals surface area contributed by atoms with E-state index in [0.29, 0.717) is 18.8 Å². The molecule has 1 saturated heterocycles. The molecule has 0 bridgehead atoms. The summed E-state index contributed by atoms with van der Waals surface area (Å²) < 4.78 is 5.56. The normalized spacial score (nSPS) is 22.6. The first-order valence-corrected chi connectivity index (χ1v) is 7.25. The molecule has 0 spiro atoms. The van der Waals surface area contributed by atoms with Gasteiger partial charge < -0.3 is 15.0 Å². The molecule has 1 aromatic rings. The Bertz CT molecular complexity index is 464. The minimum absolute atomic E-state index is 0.0206. The van der Waals surface area contributed by atoms with Gasteiger partial charge in [0, 0.05) is 13.1 Å². The van der Waals surface area contributed by atoms with Gasteiger partial charge in [0.1, 0.15) is 11.5 Å². The number of hydrogen-bond acceptors (Lipinski definition) is 4. The molecule has 0 saturated carbocycles. The summed E-state index contributed by atoms with van der Waals surface area (Å²) in [6.07, 6.45) is 1.11. The van der Waals surface area contributed by atoms with Gasteiger partial charge in [-0.2, -0.15) is 0 Å². The Morgan fingerprint density at radius 1 is 1.50 bits per heavy atom. The van der Waals surface area contributed by atoms with Crippen molar-refractivity contribution in [1.29, 1.82) is 0 Å². The fourth-order valence-electron chi connectivity index (χ4n) is 2.24. The summed E-state index contributed by atoms with van der Waals surface area (Å²) in [5, 5.41) is 3.21. The largest absolute Gasteiger partial charge is 0.375 e. The highest BCUT2D eigenvalue weighted by Crippen LogP contribution is 2.15. The second kappa shape index (κ2) is 6.70. The second-order valence-electron chi connectivity index (χ2n) is 5.29. The Kier molecular flexibility index (Phi) is 4.95. The van der Waals surface area contributed by atoms with Crippen molar-refractivity contribution in [3.63, 3.8) is 0 Å². The van der Waals surface area contributed by atoms with Crippen LogP contribution in [0.2, 0.25) is 0 Å². The standard InChI is InChI=1S/C15H23N3O2/c1-4-8-16-14-7-5-6-13(17-14)15(19)18-9-12(3)20-10-11(18)2/h5-7,11-12H,4,8-10H2,1-3H3,(H,16,17). The second-order valence-corrected chi connectivity index (χ2v) is 5.29. The van der Waals surface area contributed by atoms with Crippen molar-refractivity contribution in [3.8, 4) is 0 Å². The van der Waals surface area contributed by atoms with Crippen LogP contribution < -0.4 is 5.32 Å². The summed E-state index contributed by atoms with van der Waals surface area (Å²) in [6, 6.07) is 5.62. The number of amides is 1. The van der Waals surface area contributed by atoms with Crippen LogP contribution in [0.25, 0.3) is 0 Å². The van der Waals surface area contributed by atoms with Gasteiger partial charge in [0.05, 0.1) is 18.8 Å². The lowest BCUT2D eigenvalue weighted by molar-refractivity contribution is -0.0388. The van der Waals surface area contributed by atoms with E-state index in [2.05, 4.69) is 17.2 Å². The minimum Gasteiger partial charge on any atom is -0.375 e. The van der Waals surface area contributed by atoms with Crippen LogP contribution in [-0.4, -0.2) is 47.6 Å². The zero-order valence-electron chi connectivity index (χ0n) is 12.4. The van der Waals surface area contributed by atoms with Gasteiger partial charge in [0.2, 0.25) is 0 Å². The summed E-state index contributed by atoms with van der Waals surface area (Å²) in [7, 11) is 0. The van der Waals surface area contributed by atoms with Crippen LogP contribution in [0.5, 0.6) is 0 Å². The van der Waals surface area contributed by atoms with Crippen LogP contribution in [0, 0.1) is 0 Å². The SMILES string of the molecule is CCCNc1cccc(C(=O)N2CC(C)OCC2C)n1. The van der Waals surface area contributed by atoms with Gasteiger partial charge in [-0.1, -0.05) is 13.0 Å². The zero-order chi connectivity index (χ0) is 14.5. The van der Waals surface area contributed by atoms with Crippen LogP contribution >= 0.6 is 0 Å². The number of rotatable bonds is 4. The first-order chi connectivity index (χ1) is 9.61. The van der Waals surface area contributed by atoms with Crippen LogP contribution in [0.3, 0.4) is 0 Å². The molecule has 1 aliphatic heterocycles. The highest BCUT2D eigenvalue weighted by Gasteiger charge is 2.28. The highest BCUT2D eigenvalue weighted by molar-refractivity contribution is 5.93. The Labute approximate surface area is 120 Å². The molecule has 0 radical (unpaired) electrons. The van der Waals surface area contributed by atoms with Crippen molar-refractivity contribution < 1.29 is 9.53 Å². The average molecular weight is 277 g/mol. The zero-order valence-corrected chi connectivity index (χ0v) is 12.4. The molecule has 2 atom stereocenters. The van der Waals surface area contributed by atoms with E-state index < -0.39 is 0 Å². The van der Waals surface area contributed by atoms with E-state index in [1.807, 2.05) is 30.9 Å². The first kappa shape index (κ1) is 14.8. The predicted octanol–water partition coefficient (Wildman–Crippen LogP) is 2.15. The number of ether oxygens (including phenoxy) is 1. The smallest absolute Gasteiger partial charge is 0.272 e. The number of hydrogen-bond donors (Lipinski definition) is 1. The van der Waals surface area contributed by atoms with E-state index in [1.165, 1.54) is 0 Å². The van der Waals surface area contributed by atoms with Crippen molar-refractivity contribution in [2.24, 2.45) is 0 Å². The fourth-order valence-corrected chi connectivity index (χ4v) is 2.24. The first-order valence-electron chi connectivity index (χ1n) is 7.25. The van der Waals surface area contributed by atoms with Crippen molar-refractivity contribution in [2.45, 2.75) is 39.3 Å². The lowest BCUT2D eigenvalue weighted by atomic mass is 10.2. The van der Waals surface area contributed by atoms with Gasteiger partial charge in [-0.05, 0) is 32.4 Å². The van der Waals surface area contributed by atoms with Gasteiger partial charge in [-0.25, -0.2) is 4.98 Å². The van der Waals surface area contributed by atoms with Gasteiger partial charge >= 0.3 is 0 Å². The van der Waals surface area contributed by atoms with Crippen LogP contribution in [0.1, 0.15) is 37.7 Å². The van der Waals surface area contributed by atoms with Crippen molar-refractivity contribution in [3.05, 3.63) is 23.9 Å². The maximum Gasteiger partial charge on any atom is 0.272 e. The van der Waals surface area contributed by atoms with Gasteiger partial charge in [-0.3, -0.25) is 4.79 Å². The maximum atomic E-state index is 12.6. The number of nitrogens with zero attached hydrogens (tertiary/aromatic N) is 2. The number of aromatic nitrogens is 1. The molecule has 20 heavy (non-hydrogen) atoms. The molecule has 1 N–H and O–H groups in total. The van der Waals surface area contributed by atoms with Gasteiger partial charge in [0.15, 0.2) is 0 Å². The fraction of sp³-hybridized carbons (Fsp3) is 0.600. The van der Waals surface area contributed by atoms with E-state index in [4.69, 9.17) is 4.74 Å². The minimum atomic E-state index is -0.0206. The number of anilines is 1. The molecule has 2 unspecified atom stereocenters. The molecule has 2 rings (SSSR count).